The average Bonchev–Trinajstić information content (AvgIpc) is 2.25. The molecule has 0 aliphatic heterocycles. The molecule has 0 saturated heterocycles. The molecule has 0 saturated carbocycles. The largest absolute Gasteiger partial charge is 0.379 e. The molecule has 3 nitrogen and oxygen atoms in total. The van der Waals surface area contributed by atoms with Gasteiger partial charge in [-0.3, -0.25) is 0 Å². The van der Waals surface area contributed by atoms with Gasteiger partial charge in [0.15, 0.2) is 0 Å². The minimum Gasteiger partial charge on any atom is -0.379 e. The van der Waals surface area contributed by atoms with Crippen LogP contribution in [0.1, 0.15) is 42.0 Å². The van der Waals surface area contributed by atoms with Crippen molar-refractivity contribution in [3.8, 4) is 0 Å². The van der Waals surface area contributed by atoms with E-state index in [2.05, 4.69) is 33.0 Å². The summed E-state index contributed by atoms with van der Waals surface area (Å²) < 4.78 is 10.9. The Hall–Kier alpha value is -0.120. The lowest BCUT2D eigenvalue weighted by Gasteiger charge is -2.09. The zero-order valence-corrected chi connectivity index (χ0v) is 12.1. The SMILES string of the molecule is CC(C)CCCOCCOCCNCC(C)C.[HH]. The van der Waals surface area contributed by atoms with Crippen molar-refractivity contribution in [3.05, 3.63) is 0 Å². The van der Waals surface area contributed by atoms with Gasteiger partial charge >= 0.3 is 0 Å². The highest BCUT2D eigenvalue weighted by Gasteiger charge is 1.95. The van der Waals surface area contributed by atoms with Crippen LogP contribution in [-0.2, 0) is 9.47 Å². The van der Waals surface area contributed by atoms with Crippen LogP contribution in [0, 0.1) is 11.8 Å². The van der Waals surface area contributed by atoms with Gasteiger partial charge in [-0.15, -0.1) is 0 Å². The Morgan fingerprint density at radius 3 is 2.12 bits per heavy atom. The van der Waals surface area contributed by atoms with Crippen molar-refractivity contribution in [1.82, 2.24) is 5.32 Å². The summed E-state index contributed by atoms with van der Waals surface area (Å²) in [6.07, 6.45) is 2.41. The predicted molar refractivity (Wildman–Crippen MR) is 75.5 cm³/mol. The zero-order chi connectivity index (χ0) is 12.9. The average molecular weight is 247 g/mol. The molecule has 0 aromatic rings. The summed E-state index contributed by atoms with van der Waals surface area (Å²) in [7, 11) is 0. The number of ether oxygens (including phenoxy) is 2. The molecule has 106 valence electrons. The molecule has 0 radical (unpaired) electrons. The molecule has 17 heavy (non-hydrogen) atoms. The molecular weight excluding hydrogens is 214 g/mol. The first-order valence-electron chi connectivity index (χ1n) is 6.99. The Morgan fingerprint density at radius 2 is 1.53 bits per heavy atom. The first-order valence-corrected chi connectivity index (χ1v) is 6.99. The highest BCUT2D eigenvalue weighted by Crippen LogP contribution is 2.02. The molecule has 0 heterocycles. The van der Waals surface area contributed by atoms with E-state index >= 15 is 0 Å². The Kier molecular flexibility index (Phi) is 12.3. The molecule has 0 rings (SSSR count). The molecule has 0 spiro atoms. The maximum absolute atomic E-state index is 5.48. The van der Waals surface area contributed by atoms with Gasteiger partial charge in [-0.2, -0.15) is 0 Å². The van der Waals surface area contributed by atoms with E-state index in [1.807, 2.05) is 0 Å². The van der Waals surface area contributed by atoms with Gasteiger partial charge in [0.25, 0.3) is 0 Å². The van der Waals surface area contributed by atoms with Gasteiger partial charge in [-0.1, -0.05) is 27.7 Å². The fourth-order valence-corrected chi connectivity index (χ4v) is 1.45. The van der Waals surface area contributed by atoms with E-state index in [4.69, 9.17) is 9.47 Å². The molecule has 3 heteroatoms. The van der Waals surface area contributed by atoms with Crippen LogP contribution in [0.5, 0.6) is 0 Å². The third-order valence-electron chi connectivity index (χ3n) is 2.42. The van der Waals surface area contributed by atoms with E-state index < -0.39 is 0 Å². The fourth-order valence-electron chi connectivity index (χ4n) is 1.45. The summed E-state index contributed by atoms with van der Waals surface area (Å²) in [5.41, 5.74) is 0. The zero-order valence-electron chi connectivity index (χ0n) is 12.1. The third kappa shape index (κ3) is 15.9. The molecule has 0 amide bonds. The van der Waals surface area contributed by atoms with Gasteiger partial charge in [-0.05, 0) is 31.2 Å². The van der Waals surface area contributed by atoms with Gasteiger partial charge < -0.3 is 14.8 Å². The minimum absolute atomic E-state index is 0. The van der Waals surface area contributed by atoms with Crippen molar-refractivity contribution in [1.29, 1.82) is 0 Å². The van der Waals surface area contributed by atoms with Crippen LogP contribution in [0.4, 0.5) is 0 Å². The molecule has 1 N–H and O–H groups in total. The van der Waals surface area contributed by atoms with Gasteiger partial charge in [0.1, 0.15) is 0 Å². The van der Waals surface area contributed by atoms with E-state index in [0.717, 1.165) is 45.2 Å². The summed E-state index contributed by atoms with van der Waals surface area (Å²) in [6.45, 7) is 14.0. The van der Waals surface area contributed by atoms with Crippen LogP contribution < -0.4 is 5.32 Å². The van der Waals surface area contributed by atoms with Gasteiger partial charge in [0.2, 0.25) is 0 Å². The van der Waals surface area contributed by atoms with E-state index in [0.29, 0.717) is 12.5 Å². The molecule has 0 aromatic carbocycles. The third-order valence-corrected chi connectivity index (χ3v) is 2.42. The normalized spacial score (nSPS) is 11.6. The molecular formula is C14H33NO2. The van der Waals surface area contributed by atoms with Gasteiger partial charge in [0, 0.05) is 14.6 Å². The summed E-state index contributed by atoms with van der Waals surface area (Å²) >= 11 is 0. The van der Waals surface area contributed by atoms with E-state index in [9.17, 15) is 0 Å². The van der Waals surface area contributed by atoms with Crippen LogP contribution in [0.25, 0.3) is 0 Å². The van der Waals surface area contributed by atoms with Crippen molar-refractivity contribution in [2.24, 2.45) is 11.8 Å². The smallest absolute Gasteiger partial charge is 0.0701 e. The van der Waals surface area contributed by atoms with Crippen LogP contribution in [0.2, 0.25) is 0 Å². The number of hydrogen-bond acceptors (Lipinski definition) is 3. The molecule has 0 aliphatic rings. The molecule has 0 atom stereocenters. The second-order valence-electron chi connectivity index (χ2n) is 5.36. The first kappa shape index (κ1) is 16.9. The molecule has 0 aromatic heterocycles. The Balaban J connectivity index is 0. The van der Waals surface area contributed by atoms with Crippen LogP contribution in [0.3, 0.4) is 0 Å². The Morgan fingerprint density at radius 1 is 0.882 bits per heavy atom. The monoisotopic (exact) mass is 247 g/mol. The maximum atomic E-state index is 5.48. The number of nitrogens with one attached hydrogen (secondary N) is 1. The maximum Gasteiger partial charge on any atom is 0.0701 e. The lowest BCUT2D eigenvalue weighted by Crippen LogP contribution is -2.24. The first-order chi connectivity index (χ1) is 8.13. The van der Waals surface area contributed by atoms with Gasteiger partial charge in [0.05, 0.1) is 19.8 Å². The van der Waals surface area contributed by atoms with E-state index in [1.165, 1.54) is 6.42 Å². The number of hydrogen-bond donors (Lipinski definition) is 1. The summed E-state index contributed by atoms with van der Waals surface area (Å²) in [5, 5.41) is 3.34. The molecule has 0 bridgehead atoms. The van der Waals surface area contributed by atoms with Crippen molar-refractivity contribution in [3.63, 3.8) is 0 Å². The van der Waals surface area contributed by atoms with Crippen LogP contribution in [-0.4, -0.2) is 39.5 Å². The van der Waals surface area contributed by atoms with Crippen molar-refractivity contribution < 1.29 is 10.9 Å². The second-order valence-corrected chi connectivity index (χ2v) is 5.36. The topological polar surface area (TPSA) is 30.5 Å². The quantitative estimate of drug-likeness (QED) is 0.538. The van der Waals surface area contributed by atoms with Crippen molar-refractivity contribution in [2.75, 3.05) is 39.5 Å². The van der Waals surface area contributed by atoms with Crippen LogP contribution in [0.15, 0.2) is 0 Å². The minimum atomic E-state index is 0. The lowest BCUT2D eigenvalue weighted by molar-refractivity contribution is 0.0466. The van der Waals surface area contributed by atoms with E-state index in [1.54, 1.807) is 0 Å². The van der Waals surface area contributed by atoms with Crippen molar-refractivity contribution >= 4 is 0 Å². The Bertz CT molecular complexity index is 139. The van der Waals surface area contributed by atoms with E-state index in [-0.39, 0.29) is 1.43 Å². The summed E-state index contributed by atoms with van der Waals surface area (Å²) in [4.78, 5) is 0. The molecule has 0 fully saturated rings. The molecule has 0 unspecified atom stereocenters. The highest BCUT2D eigenvalue weighted by atomic mass is 16.5. The fraction of sp³-hybridized carbons (Fsp3) is 1.00. The Labute approximate surface area is 109 Å². The number of rotatable bonds is 12. The van der Waals surface area contributed by atoms with Crippen molar-refractivity contribution in [2.45, 2.75) is 40.5 Å². The predicted octanol–water partition coefficient (Wildman–Crippen LogP) is 2.95. The van der Waals surface area contributed by atoms with Crippen LogP contribution >= 0.6 is 0 Å². The second kappa shape index (κ2) is 12.3. The highest BCUT2D eigenvalue weighted by molar-refractivity contribution is 4.50. The summed E-state index contributed by atoms with van der Waals surface area (Å²) in [6, 6.07) is 0. The molecule has 0 aliphatic carbocycles. The lowest BCUT2D eigenvalue weighted by atomic mass is 10.1. The standard InChI is InChI=1S/C14H31NO2.H2/c1-13(2)6-5-8-16-10-11-17-9-7-15-12-14(3)4;/h13-15H,5-12H2,1-4H3;1H. The summed E-state index contributed by atoms with van der Waals surface area (Å²) in [5.74, 6) is 1.49. The van der Waals surface area contributed by atoms with Gasteiger partial charge in [-0.25, -0.2) is 0 Å².